The van der Waals surface area contributed by atoms with Crippen molar-refractivity contribution in [2.24, 2.45) is 0 Å². The Morgan fingerprint density at radius 1 is 0.968 bits per heavy atom. The first-order valence-corrected chi connectivity index (χ1v) is 11.2. The van der Waals surface area contributed by atoms with Gasteiger partial charge in [0.25, 0.3) is 0 Å². The van der Waals surface area contributed by atoms with Gasteiger partial charge >= 0.3 is 5.97 Å². The molecule has 0 atom stereocenters. The van der Waals surface area contributed by atoms with E-state index in [1.807, 2.05) is 0 Å². The zero-order valence-electron chi connectivity index (χ0n) is 17.8. The number of benzene rings is 2. The Labute approximate surface area is 182 Å². The Bertz CT molecular complexity index is 1030. The van der Waals surface area contributed by atoms with Gasteiger partial charge in [0.05, 0.1) is 17.1 Å². The summed E-state index contributed by atoms with van der Waals surface area (Å²) in [5.74, 6) is -0.833. The molecule has 0 unspecified atom stereocenters. The van der Waals surface area contributed by atoms with E-state index >= 15 is 0 Å². The van der Waals surface area contributed by atoms with Crippen molar-refractivity contribution < 1.29 is 27.5 Å². The summed E-state index contributed by atoms with van der Waals surface area (Å²) >= 11 is 0. The van der Waals surface area contributed by atoms with Crippen molar-refractivity contribution in [1.29, 1.82) is 0 Å². The number of carbonyl (C=O) groups excluding carboxylic acids is 3. The van der Waals surface area contributed by atoms with E-state index in [9.17, 15) is 22.8 Å². The van der Waals surface area contributed by atoms with Crippen molar-refractivity contribution in [2.45, 2.75) is 31.6 Å². The summed E-state index contributed by atoms with van der Waals surface area (Å²) < 4.78 is 31.3. The molecular weight excluding hydrogens is 420 g/mol. The number of rotatable bonds is 10. The number of nitrogens with one attached hydrogen (secondary N) is 1. The molecule has 0 aliphatic heterocycles. The number of ketones is 1. The second kappa shape index (κ2) is 10.8. The molecule has 0 aromatic heterocycles. The van der Waals surface area contributed by atoms with Crippen LogP contribution >= 0.6 is 0 Å². The molecule has 166 valence electrons. The van der Waals surface area contributed by atoms with E-state index in [2.05, 4.69) is 5.32 Å². The fraction of sp³-hybridized carbons (Fsp3) is 0.318. The highest BCUT2D eigenvalue weighted by molar-refractivity contribution is 7.89. The number of hydrogen-bond donors (Lipinski definition) is 1. The van der Waals surface area contributed by atoms with Crippen molar-refractivity contribution in [3.63, 3.8) is 0 Å². The van der Waals surface area contributed by atoms with Gasteiger partial charge in [-0.2, -0.15) is 0 Å². The molecule has 1 N–H and O–H groups in total. The summed E-state index contributed by atoms with van der Waals surface area (Å²) in [6, 6.07) is 12.1. The molecule has 1 amide bonds. The number of sulfonamides is 1. The second-order valence-corrected chi connectivity index (χ2v) is 8.90. The minimum Gasteiger partial charge on any atom is -0.462 e. The molecule has 0 aliphatic carbocycles. The quantitative estimate of drug-likeness (QED) is 0.444. The van der Waals surface area contributed by atoms with Gasteiger partial charge in [0.2, 0.25) is 15.9 Å². The first-order chi connectivity index (χ1) is 14.6. The second-order valence-electron chi connectivity index (χ2n) is 6.86. The molecule has 9 heteroatoms. The number of ether oxygens (including phenoxy) is 1. The molecule has 31 heavy (non-hydrogen) atoms. The summed E-state index contributed by atoms with van der Waals surface area (Å²) in [6.07, 6.45) is 0.455. The fourth-order valence-electron chi connectivity index (χ4n) is 2.75. The summed E-state index contributed by atoms with van der Waals surface area (Å²) in [4.78, 5) is 35.2. The largest absolute Gasteiger partial charge is 0.462 e. The Kier molecular flexibility index (Phi) is 8.47. The third-order valence-electron chi connectivity index (χ3n) is 4.53. The molecular formula is C22H26N2O6S. The standard InChI is InChI=1S/C22H26N2O6S/c1-4-30-22(27)18-7-11-19(12-8-18)23-21(26)6-5-15-24(3)31(28,29)20-13-9-17(10-14-20)16(2)25/h7-14H,4-6,15H2,1-3H3,(H,23,26). The fourth-order valence-corrected chi connectivity index (χ4v) is 3.96. The third-order valence-corrected chi connectivity index (χ3v) is 6.40. The van der Waals surface area contributed by atoms with E-state index < -0.39 is 16.0 Å². The van der Waals surface area contributed by atoms with Gasteiger partial charge in [-0.05, 0) is 56.7 Å². The van der Waals surface area contributed by atoms with E-state index in [0.29, 0.717) is 23.2 Å². The molecule has 0 saturated carbocycles. The molecule has 2 rings (SSSR count). The van der Waals surface area contributed by atoms with E-state index in [0.717, 1.165) is 0 Å². The SMILES string of the molecule is CCOC(=O)c1ccc(NC(=O)CCCN(C)S(=O)(=O)c2ccc(C(C)=O)cc2)cc1. The van der Waals surface area contributed by atoms with Crippen LogP contribution in [0.1, 0.15) is 47.4 Å². The number of anilines is 1. The van der Waals surface area contributed by atoms with Crippen LogP contribution in [0.2, 0.25) is 0 Å². The number of nitrogens with zero attached hydrogens (tertiary/aromatic N) is 1. The first-order valence-electron chi connectivity index (χ1n) is 9.79. The lowest BCUT2D eigenvalue weighted by Gasteiger charge is -2.17. The lowest BCUT2D eigenvalue weighted by Crippen LogP contribution is -2.28. The van der Waals surface area contributed by atoms with Crippen LogP contribution < -0.4 is 5.32 Å². The highest BCUT2D eigenvalue weighted by atomic mass is 32.2. The van der Waals surface area contributed by atoms with Gasteiger partial charge in [0, 0.05) is 31.3 Å². The average molecular weight is 447 g/mol. The Morgan fingerprint density at radius 3 is 2.10 bits per heavy atom. The molecule has 0 bridgehead atoms. The van der Waals surface area contributed by atoms with E-state index in [1.165, 1.54) is 42.5 Å². The van der Waals surface area contributed by atoms with Crippen LogP contribution in [-0.2, 0) is 19.6 Å². The Morgan fingerprint density at radius 2 is 1.55 bits per heavy atom. The van der Waals surface area contributed by atoms with Crippen LogP contribution in [0.4, 0.5) is 5.69 Å². The number of carbonyl (C=O) groups is 3. The third kappa shape index (κ3) is 6.73. The molecule has 2 aromatic carbocycles. The van der Waals surface area contributed by atoms with Gasteiger partial charge in [-0.25, -0.2) is 17.5 Å². The predicted molar refractivity (Wildman–Crippen MR) is 117 cm³/mol. The van der Waals surface area contributed by atoms with Gasteiger partial charge in [0.1, 0.15) is 0 Å². The summed E-state index contributed by atoms with van der Waals surface area (Å²) in [7, 11) is -2.26. The molecule has 0 heterocycles. The number of hydrogen-bond acceptors (Lipinski definition) is 6. The van der Waals surface area contributed by atoms with Crippen LogP contribution in [0.5, 0.6) is 0 Å². The van der Waals surface area contributed by atoms with E-state index in [-0.39, 0.29) is 36.2 Å². The number of Topliss-reactive ketones (excluding diaryl/α,β-unsaturated/α-hetero) is 1. The number of amides is 1. The highest BCUT2D eigenvalue weighted by Gasteiger charge is 2.20. The van der Waals surface area contributed by atoms with Crippen LogP contribution in [0.3, 0.4) is 0 Å². The Hall–Kier alpha value is -3.04. The van der Waals surface area contributed by atoms with Gasteiger partial charge < -0.3 is 10.1 Å². The van der Waals surface area contributed by atoms with Crippen molar-refractivity contribution in [1.82, 2.24) is 4.31 Å². The van der Waals surface area contributed by atoms with Gasteiger partial charge in [-0.1, -0.05) is 12.1 Å². The van der Waals surface area contributed by atoms with E-state index in [1.54, 1.807) is 31.2 Å². The normalized spacial score (nSPS) is 11.2. The molecule has 8 nitrogen and oxygen atoms in total. The average Bonchev–Trinajstić information content (AvgIpc) is 2.74. The van der Waals surface area contributed by atoms with Crippen molar-refractivity contribution >= 4 is 33.4 Å². The topological polar surface area (TPSA) is 110 Å². The van der Waals surface area contributed by atoms with Crippen molar-refractivity contribution in [3.8, 4) is 0 Å². The van der Waals surface area contributed by atoms with Gasteiger partial charge in [0.15, 0.2) is 5.78 Å². The highest BCUT2D eigenvalue weighted by Crippen LogP contribution is 2.16. The maximum atomic E-state index is 12.6. The number of esters is 1. The van der Waals surface area contributed by atoms with Crippen LogP contribution in [-0.4, -0.2) is 50.6 Å². The molecule has 0 aliphatic rings. The van der Waals surface area contributed by atoms with Crippen LogP contribution in [0.25, 0.3) is 0 Å². The molecule has 2 aromatic rings. The van der Waals surface area contributed by atoms with Crippen LogP contribution in [0.15, 0.2) is 53.4 Å². The summed E-state index contributed by atoms with van der Waals surface area (Å²) in [6.45, 7) is 3.58. The Balaban J connectivity index is 1.85. The maximum Gasteiger partial charge on any atom is 0.338 e. The van der Waals surface area contributed by atoms with Crippen molar-refractivity contribution in [2.75, 3.05) is 25.5 Å². The zero-order chi connectivity index (χ0) is 23.0. The molecule has 0 spiro atoms. The van der Waals surface area contributed by atoms with Gasteiger partial charge in [-0.3, -0.25) is 9.59 Å². The lowest BCUT2D eigenvalue weighted by atomic mass is 10.2. The molecule has 0 saturated heterocycles. The zero-order valence-corrected chi connectivity index (χ0v) is 18.6. The molecule has 0 fully saturated rings. The van der Waals surface area contributed by atoms with Crippen LogP contribution in [0, 0.1) is 0 Å². The smallest absolute Gasteiger partial charge is 0.338 e. The van der Waals surface area contributed by atoms with E-state index in [4.69, 9.17) is 4.74 Å². The lowest BCUT2D eigenvalue weighted by molar-refractivity contribution is -0.116. The van der Waals surface area contributed by atoms with Crippen molar-refractivity contribution in [3.05, 3.63) is 59.7 Å². The molecule has 0 radical (unpaired) electrons. The minimum atomic E-state index is -3.71. The summed E-state index contributed by atoms with van der Waals surface area (Å²) in [5, 5.41) is 2.71. The maximum absolute atomic E-state index is 12.6. The summed E-state index contributed by atoms with van der Waals surface area (Å²) in [5.41, 5.74) is 1.36. The first kappa shape index (κ1) is 24.2. The minimum absolute atomic E-state index is 0.0890. The monoisotopic (exact) mass is 446 g/mol. The van der Waals surface area contributed by atoms with Gasteiger partial charge in [-0.15, -0.1) is 0 Å². The predicted octanol–water partition coefficient (Wildman–Crippen LogP) is 3.11.